The summed E-state index contributed by atoms with van der Waals surface area (Å²) in [7, 11) is 1.66. The van der Waals surface area contributed by atoms with Crippen LogP contribution in [0, 0.1) is 0 Å². The molecule has 0 bridgehead atoms. The Morgan fingerprint density at radius 2 is 1.86 bits per heavy atom. The zero-order valence-electron chi connectivity index (χ0n) is 12.4. The van der Waals surface area contributed by atoms with Crippen LogP contribution < -0.4 is 4.74 Å². The van der Waals surface area contributed by atoms with Gasteiger partial charge in [0, 0.05) is 10.5 Å². The molecule has 0 fully saturated rings. The van der Waals surface area contributed by atoms with Crippen LogP contribution in [0.4, 0.5) is 0 Å². The molecule has 2 aromatic carbocycles. The maximum Gasteiger partial charge on any atom is 0.247 e. The molecule has 1 heterocycles. The van der Waals surface area contributed by atoms with Crippen LogP contribution in [0.5, 0.6) is 5.75 Å². The third kappa shape index (κ3) is 3.31. The maximum absolute atomic E-state index is 5.79. The molecule has 112 valence electrons. The molecular weight excluding hydrogens is 296 g/mol. The molecular formula is C17H16N2O2S. The highest BCUT2D eigenvalue weighted by atomic mass is 32.2. The van der Waals surface area contributed by atoms with Gasteiger partial charge >= 0.3 is 0 Å². The number of nitrogens with zero attached hydrogens (tertiary/aromatic N) is 2. The van der Waals surface area contributed by atoms with E-state index in [1.165, 1.54) is 0 Å². The van der Waals surface area contributed by atoms with E-state index in [0.29, 0.717) is 11.8 Å². The standard InChI is InChI=1S/C17H16N2O2S/c1-12(22-15-10-6-9-14(11-15)20-2)16-18-19-17(21-16)13-7-4-3-5-8-13/h3-12H,1-2H3. The summed E-state index contributed by atoms with van der Waals surface area (Å²) in [4.78, 5) is 1.10. The molecule has 0 saturated heterocycles. The number of rotatable bonds is 5. The molecule has 0 aliphatic carbocycles. The number of hydrogen-bond donors (Lipinski definition) is 0. The van der Waals surface area contributed by atoms with Crippen molar-refractivity contribution in [1.82, 2.24) is 10.2 Å². The van der Waals surface area contributed by atoms with Crippen molar-refractivity contribution in [2.24, 2.45) is 0 Å². The third-order valence-electron chi connectivity index (χ3n) is 3.16. The van der Waals surface area contributed by atoms with Gasteiger partial charge in [0.2, 0.25) is 11.8 Å². The van der Waals surface area contributed by atoms with E-state index in [2.05, 4.69) is 10.2 Å². The molecule has 3 aromatic rings. The minimum atomic E-state index is 0.0667. The SMILES string of the molecule is COc1cccc(SC(C)c2nnc(-c3ccccc3)o2)c1. The molecule has 3 rings (SSSR count). The predicted octanol–water partition coefficient (Wildman–Crippen LogP) is 4.60. The lowest BCUT2D eigenvalue weighted by Gasteiger charge is -2.08. The molecule has 0 N–H and O–H groups in total. The topological polar surface area (TPSA) is 48.2 Å². The van der Waals surface area contributed by atoms with E-state index in [1.807, 2.05) is 61.5 Å². The highest BCUT2D eigenvalue weighted by Gasteiger charge is 2.16. The number of thioether (sulfide) groups is 1. The first-order valence-electron chi connectivity index (χ1n) is 6.96. The van der Waals surface area contributed by atoms with Crippen molar-refractivity contribution in [3.8, 4) is 17.2 Å². The highest BCUT2D eigenvalue weighted by molar-refractivity contribution is 7.99. The van der Waals surface area contributed by atoms with Gasteiger partial charge in [-0.1, -0.05) is 24.3 Å². The highest BCUT2D eigenvalue weighted by Crippen LogP contribution is 2.36. The Morgan fingerprint density at radius 3 is 2.64 bits per heavy atom. The summed E-state index contributed by atoms with van der Waals surface area (Å²) in [6.45, 7) is 2.05. The maximum atomic E-state index is 5.79. The van der Waals surface area contributed by atoms with Crippen LogP contribution in [-0.4, -0.2) is 17.3 Å². The average molecular weight is 312 g/mol. The first-order chi connectivity index (χ1) is 10.8. The van der Waals surface area contributed by atoms with Crippen molar-refractivity contribution in [3.05, 3.63) is 60.5 Å². The molecule has 4 nitrogen and oxygen atoms in total. The van der Waals surface area contributed by atoms with Crippen LogP contribution in [-0.2, 0) is 0 Å². The summed E-state index contributed by atoms with van der Waals surface area (Å²) in [5, 5.41) is 8.36. The second-order valence-corrected chi connectivity index (χ2v) is 6.16. The number of hydrogen-bond acceptors (Lipinski definition) is 5. The summed E-state index contributed by atoms with van der Waals surface area (Å²) >= 11 is 1.66. The Hall–Kier alpha value is -2.27. The number of benzene rings is 2. The molecule has 0 radical (unpaired) electrons. The van der Waals surface area contributed by atoms with Crippen LogP contribution in [0.3, 0.4) is 0 Å². The second kappa shape index (κ2) is 6.66. The molecule has 1 aromatic heterocycles. The summed E-state index contributed by atoms with van der Waals surface area (Å²) in [5.41, 5.74) is 0.930. The molecule has 0 aliphatic heterocycles. The molecule has 0 saturated carbocycles. The first kappa shape index (κ1) is 14.7. The number of methoxy groups -OCH3 is 1. The minimum absolute atomic E-state index is 0.0667. The fraction of sp³-hybridized carbons (Fsp3) is 0.176. The van der Waals surface area contributed by atoms with Crippen LogP contribution in [0.1, 0.15) is 18.1 Å². The zero-order chi connectivity index (χ0) is 15.4. The van der Waals surface area contributed by atoms with E-state index in [0.717, 1.165) is 16.2 Å². The van der Waals surface area contributed by atoms with Gasteiger partial charge in [0.15, 0.2) is 0 Å². The van der Waals surface area contributed by atoms with E-state index in [1.54, 1.807) is 18.9 Å². The van der Waals surface area contributed by atoms with Crippen molar-refractivity contribution in [1.29, 1.82) is 0 Å². The van der Waals surface area contributed by atoms with Crippen molar-refractivity contribution < 1.29 is 9.15 Å². The lowest BCUT2D eigenvalue weighted by Crippen LogP contribution is -1.89. The van der Waals surface area contributed by atoms with Gasteiger partial charge in [0.1, 0.15) is 5.75 Å². The Labute approximate surface area is 133 Å². The summed E-state index contributed by atoms with van der Waals surface area (Å²) in [6, 6.07) is 17.7. The fourth-order valence-corrected chi connectivity index (χ4v) is 2.97. The fourth-order valence-electron chi connectivity index (χ4n) is 2.03. The van der Waals surface area contributed by atoms with Crippen LogP contribution in [0.15, 0.2) is 63.9 Å². The van der Waals surface area contributed by atoms with Crippen molar-refractivity contribution in [3.63, 3.8) is 0 Å². The van der Waals surface area contributed by atoms with Gasteiger partial charge in [-0.25, -0.2) is 0 Å². The lowest BCUT2D eigenvalue weighted by molar-refractivity contribution is 0.413. The molecule has 0 amide bonds. The summed E-state index contributed by atoms with van der Waals surface area (Å²) in [6.07, 6.45) is 0. The zero-order valence-corrected chi connectivity index (χ0v) is 13.2. The predicted molar refractivity (Wildman–Crippen MR) is 87.0 cm³/mol. The van der Waals surface area contributed by atoms with Gasteiger partial charge in [0.05, 0.1) is 12.4 Å². The van der Waals surface area contributed by atoms with Gasteiger partial charge < -0.3 is 9.15 Å². The van der Waals surface area contributed by atoms with E-state index in [4.69, 9.17) is 9.15 Å². The van der Waals surface area contributed by atoms with Crippen LogP contribution in [0.2, 0.25) is 0 Å². The quantitative estimate of drug-likeness (QED) is 0.644. The smallest absolute Gasteiger partial charge is 0.247 e. The van der Waals surface area contributed by atoms with Gasteiger partial charge in [-0.2, -0.15) is 0 Å². The largest absolute Gasteiger partial charge is 0.497 e. The molecule has 22 heavy (non-hydrogen) atoms. The molecule has 1 unspecified atom stereocenters. The average Bonchev–Trinajstić information content (AvgIpc) is 3.06. The van der Waals surface area contributed by atoms with Crippen molar-refractivity contribution in [2.45, 2.75) is 17.1 Å². The first-order valence-corrected chi connectivity index (χ1v) is 7.84. The van der Waals surface area contributed by atoms with Gasteiger partial charge in [-0.15, -0.1) is 22.0 Å². The Kier molecular flexibility index (Phi) is 4.44. The van der Waals surface area contributed by atoms with E-state index >= 15 is 0 Å². The second-order valence-electron chi connectivity index (χ2n) is 4.75. The Balaban J connectivity index is 1.75. The van der Waals surface area contributed by atoms with E-state index in [9.17, 15) is 0 Å². The number of ether oxygens (including phenoxy) is 1. The molecule has 0 spiro atoms. The molecule has 0 aliphatic rings. The van der Waals surface area contributed by atoms with Crippen molar-refractivity contribution >= 4 is 11.8 Å². The Bertz CT molecular complexity index is 743. The van der Waals surface area contributed by atoms with Crippen molar-refractivity contribution in [2.75, 3.05) is 7.11 Å². The molecule has 1 atom stereocenters. The summed E-state index contributed by atoms with van der Waals surface area (Å²) in [5.74, 6) is 2.01. The van der Waals surface area contributed by atoms with Crippen LogP contribution >= 0.6 is 11.8 Å². The Morgan fingerprint density at radius 1 is 1.05 bits per heavy atom. The van der Waals surface area contributed by atoms with Crippen LogP contribution in [0.25, 0.3) is 11.5 Å². The van der Waals surface area contributed by atoms with E-state index in [-0.39, 0.29) is 5.25 Å². The summed E-state index contributed by atoms with van der Waals surface area (Å²) < 4.78 is 11.0. The van der Waals surface area contributed by atoms with Gasteiger partial charge in [0.25, 0.3) is 0 Å². The lowest BCUT2D eigenvalue weighted by atomic mass is 10.2. The van der Waals surface area contributed by atoms with Gasteiger partial charge in [-0.05, 0) is 37.3 Å². The monoisotopic (exact) mass is 312 g/mol. The van der Waals surface area contributed by atoms with Gasteiger partial charge in [-0.3, -0.25) is 0 Å². The van der Waals surface area contributed by atoms with E-state index < -0.39 is 0 Å². The third-order valence-corrected chi connectivity index (χ3v) is 4.24. The number of aromatic nitrogens is 2. The normalized spacial score (nSPS) is 12.1. The molecule has 5 heteroatoms. The minimum Gasteiger partial charge on any atom is -0.497 e.